The fraction of sp³-hybridized carbons (Fsp3) is 0.222. The standard InChI is InChI=1S/C27H25F3N4O4S/c1-5-21(33-15(2)39-26(35)31-3)24-12-20-22(10-19(36-4)11-23(20)38-24)37-14-18-13-32-25(34-18)16-6-8-17(9-7-16)27(28,29)30/h5-13H,14H2,1-4H3,(H,31,35)(H,32,34)/b21-5-,33-15+. The van der Waals surface area contributed by atoms with Gasteiger partial charge in [-0.1, -0.05) is 18.2 Å². The molecule has 0 aliphatic heterocycles. The number of nitrogens with zero attached hydrogens (tertiary/aromatic N) is 2. The molecule has 0 unspecified atom stereocenters. The summed E-state index contributed by atoms with van der Waals surface area (Å²) in [6, 6.07) is 9.99. The molecule has 8 nitrogen and oxygen atoms in total. The van der Waals surface area contributed by atoms with Crippen molar-refractivity contribution in [2.45, 2.75) is 26.6 Å². The lowest BCUT2D eigenvalue weighted by atomic mass is 10.1. The van der Waals surface area contributed by atoms with Crippen molar-refractivity contribution in [1.82, 2.24) is 15.3 Å². The summed E-state index contributed by atoms with van der Waals surface area (Å²) < 4.78 is 56.0. The molecule has 4 rings (SSSR count). The van der Waals surface area contributed by atoms with E-state index in [-0.39, 0.29) is 11.8 Å². The van der Waals surface area contributed by atoms with Crippen molar-refractivity contribution in [2.24, 2.45) is 4.99 Å². The Bertz CT molecular complexity index is 1540. The molecule has 4 aromatic rings. The van der Waals surface area contributed by atoms with E-state index in [0.29, 0.717) is 56.1 Å². The number of allylic oxidation sites excluding steroid dienone is 1. The highest BCUT2D eigenvalue weighted by Gasteiger charge is 2.30. The summed E-state index contributed by atoms with van der Waals surface area (Å²) in [4.78, 5) is 23.6. The summed E-state index contributed by atoms with van der Waals surface area (Å²) in [5.74, 6) is 1.90. The molecule has 39 heavy (non-hydrogen) atoms. The minimum Gasteiger partial charge on any atom is -0.496 e. The van der Waals surface area contributed by atoms with Crippen LogP contribution in [0.4, 0.5) is 18.0 Å². The maximum Gasteiger partial charge on any atom is 0.416 e. The van der Waals surface area contributed by atoms with Gasteiger partial charge in [0.1, 0.15) is 35.2 Å². The van der Waals surface area contributed by atoms with Crippen LogP contribution < -0.4 is 14.8 Å². The summed E-state index contributed by atoms with van der Waals surface area (Å²) in [5.41, 5.74) is 1.39. The smallest absolute Gasteiger partial charge is 0.416 e. The molecular weight excluding hydrogens is 533 g/mol. The quantitative estimate of drug-likeness (QED) is 0.183. The highest BCUT2D eigenvalue weighted by Crippen LogP contribution is 2.36. The molecule has 0 aliphatic carbocycles. The number of aliphatic imine (C=N–C) groups is 1. The summed E-state index contributed by atoms with van der Waals surface area (Å²) in [5, 5.41) is 3.53. The van der Waals surface area contributed by atoms with Gasteiger partial charge in [-0.25, -0.2) is 9.98 Å². The van der Waals surface area contributed by atoms with Gasteiger partial charge in [-0.05, 0) is 43.8 Å². The maximum absolute atomic E-state index is 12.9. The number of rotatable bonds is 7. The molecule has 2 N–H and O–H groups in total. The van der Waals surface area contributed by atoms with Crippen molar-refractivity contribution in [3.63, 3.8) is 0 Å². The Hall–Kier alpha value is -4.19. The topological polar surface area (TPSA) is 102 Å². The number of furan rings is 1. The summed E-state index contributed by atoms with van der Waals surface area (Å²) >= 11 is 0.975. The van der Waals surface area contributed by atoms with Crippen LogP contribution in [0.5, 0.6) is 11.5 Å². The first-order valence-electron chi connectivity index (χ1n) is 11.7. The Morgan fingerprint density at radius 3 is 2.62 bits per heavy atom. The third kappa shape index (κ3) is 6.63. The number of H-pyrrole nitrogens is 1. The van der Waals surface area contributed by atoms with E-state index in [1.165, 1.54) is 19.2 Å². The summed E-state index contributed by atoms with van der Waals surface area (Å²) in [6.45, 7) is 3.62. The number of aromatic nitrogens is 2. The Morgan fingerprint density at radius 2 is 1.97 bits per heavy atom. The Morgan fingerprint density at radius 1 is 1.23 bits per heavy atom. The number of fused-ring (bicyclic) bond motifs is 1. The second-order valence-corrected chi connectivity index (χ2v) is 9.36. The van der Waals surface area contributed by atoms with E-state index in [0.717, 1.165) is 23.9 Å². The predicted octanol–water partition coefficient (Wildman–Crippen LogP) is 7.28. The molecule has 2 aromatic heterocycles. The molecule has 0 fully saturated rings. The van der Waals surface area contributed by atoms with Crippen LogP contribution >= 0.6 is 11.8 Å². The number of nitrogens with one attached hydrogen (secondary N) is 2. The van der Waals surface area contributed by atoms with Gasteiger partial charge in [0.2, 0.25) is 0 Å². The van der Waals surface area contributed by atoms with Crippen molar-refractivity contribution in [2.75, 3.05) is 14.2 Å². The zero-order chi connectivity index (χ0) is 28.2. The van der Waals surface area contributed by atoms with Gasteiger partial charge in [0.25, 0.3) is 5.24 Å². The number of thioether (sulfide) groups is 1. The average molecular weight is 559 g/mol. The summed E-state index contributed by atoms with van der Waals surface area (Å²) in [6.07, 6.45) is -1.00. The number of alkyl halides is 3. The summed E-state index contributed by atoms with van der Waals surface area (Å²) in [7, 11) is 3.08. The highest BCUT2D eigenvalue weighted by atomic mass is 32.2. The lowest BCUT2D eigenvalue weighted by Crippen LogP contribution is -2.12. The monoisotopic (exact) mass is 558 g/mol. The van der Waals surface area contributed by atoms with Gasteiger partial charge < -0.3 is 24.2 Å². The first-order chi connectivity index (χ1) is 18.6. The predicted molar refractivity (Wildman–Crippen MR) is 145 cm³/mol. The van der Waals surface area contributed by atoms with Crippen molar-refractivity contribution >= 4 is 38.7 Å². The number of benzene rings is 2. The van der Waals surface area contributed by atoms with Crippen molar-refractivity contribution in [1.29, 1.82) is 0 Å². The second kappa shape index (κ2) is 11.7. The van der Waals surface area contributed by atoms with Crippen LogP contribution in [-0.2, 0) is 12.8 Å². The molecule has 0 spiro atoms. The molecule has 2 heterocycles. The zero-order valence-electron chi connectivity index (χ0n) is 21.5. The van der Waals surface area contributed by atoms with Crippen LogP contribution in [0.3, 0.4) is 0 Å². The van der Waals surface area contributed by atoms with Gasteiger partial charge in [0.15, 0.2) is 5.76 Å². The molecule has 0 atom stereocenters. The number of ether oxygens (including phenoxy) is 2. The van der Waals surface area contributed by atoms with Gasteiger partial charge in [0, 0.05) is 30.9 Å². The number of methoxy groups -OCH3 is 1. The van der Waals surface area contributed by atoms with Crippen molar-refractivity contribution in [3.05, 3.63) is 71.8 Å². The first-order valence-corrected chi connectivity index (χ1v) is 12.5. The number of aromatic amines is 1. The van der Waals surface area contributed by atoms with E-state index in [1.54, 1.807) is 44.4 Å². The van der Waals surface area contributed by atoms with E-state index in [1.807, 2.05) is 6.92 Å². The minimum absolute atomic E-state index is 0.0798. The van der Waals surface area contributed by atoms with E-state index in [4.69, 9.17) is 13.9 Å². The van der Waals surface area contributed by atoms with Gasteiger partial charge in [-0.3, -0.25) is 4.79 Å². The molecular formula is C27H25F3N4O4S. The number of halogens is 3. The maximum atomic E-state index is 12.9. The Kier molecular flexibility index (Phi) is 8.34. The van der Waals surface area contributed by atoms with Gasteiger partial charge in [0.05, 0.1) is 28.8 Å². The number of amides is 1. The molecule has 1 amide bonds. The molecule has 0 saturated heterocycles. The zero-order valence-corrected chi connectivity index (χ0v) is 22.3. The Labute approximate surface area is 226 Å². The SMILES string of the molecule is C/C=C(\N=C(/C)SC(=O)NC)c1cc2c(OCc3c[nH]c(-c4ccc(C(F)(F)F)cc4)n3)cc(OC)cc2o1. The van der Waals surface area contributed by atoms with Gasteiger partial charge in [-0.2, -0.15) is 13.2 Å². The number of carbonyl (C=O) groups is 1. The fourth-order valence-corrected chi connectivity index (χ4v) is 4.15. The van der Waals surface area contributed by atoms with Gasteiger partial charge in [-0.15, -0.1) is 0 Å². The van der Waals surface area contributed by atoms with E-state index in [9.17, 15) is 18.0 Å². The number of carbonyl (C=O) groups excluding carboxylic acids is 1. The molecule has 0 radical (unpaired) electrons. The van der Waals surface area contributed by atoms with E-state index < -0.39 is 11.7 Å². The van der Waals surface area contributed by atoms with Crippen LogP contribution in [0, 0.1) is 0 Å². The average Bonchev–Trinajstić information content (AvgIpc) is 3.57. The molecule has 12 heteroatoms. The molecule has 0 aliphatic rings. The first kappa shape index (κ1) is 27.8. The lowest BCUT2D eigenvalue weighted by molar-refractivity contribution is -0.137. The van der Waals surface area contributed by atoms with Crippen LogP contribution in [0.25, 0.3) is 28.1 Å². The number of hydrogen-bond acceptors (Lipinski definition) is 7. The molecule has 0 saturated carbocycles. The fourth-order valence-electron chi connectivity index (χ4n) is 3.64. The largest absolute Gasteiger partial charge is 0.496 e. The highest BCUT2D eigenvalue weighted by molar-refractivity contribution is 8.26. The van der Waals surface area contributed by atoms with Crippen LogP contribution in [0.2, 0.25) is 0 Å². The Balaban J connectivity index is 1.56. The minimum atomic E-state index is -4.40. The van der Waals surface area contributed by atoms with Crippen LogP contribution in [0.1, 0.15) is 30.9 Å². The van der Waals surface area contributed by atoms with Gasteiger partial charge >= 0.3 is 6.18 Å². The van der Waals surface area contributed by atoms with Crippen LogP contribution in [-0.4, -0.2) is 34.4 Å². The van der Waals surface area contributed by atoms with Crippen molar-refractivity contribution in [3.8, 4) is 22.9 Å². The third-order valence-electron chi connectivity index (χ3n) is 5.55. The molecule has 204 valence electrons. The van der Waals surface area contributed by atoms with E-state index >= 15 is 0 Å². The third-order valence-corrected chi connectivity index (χ3v) is 6.33. The molecule has 2 aromatic carbocycles. The molecule has 0 bridgehead atoms. The van der Waals surface area contributed by atoms with Crippen molar-refractivity contribution < 1.29 is 31.9 Å². The van der Waals surface area contributed by atoms with Crippen LogP contribution in [0.15, 0.2) is 64.1 Å². The number of hydrogen-bond donors (Lipinski definition) is 2. The normalized spacial score (nSPS) is 12.6. The number of imidazole rings is 1. The second-order valence-electron chi connectivity index (χ2n) is 8.20. The lowest BCUT2D eigenvalue weighted by Gasteiger charge is -2.08. The van der Waals surface area contributed by atoms with E-state index in [2.05, 4.69) is 20.3 Å².